The Hall–Kier alpha value is -2.65. The number of anilines is 1. The molecule has 0 saturated heterocycles. The molecular weight excluding hydrogens is 469 g/mol. The normalized spacial score (nSPS) is 13.2. The number of carbonyl (C=O) groups is 2. The van der Waals surface area contributed by atoms with Gasteiger partial charge in [-0.3, -0.25) is 13.9 Å². The zero-order valence-electron chi connectivity index (χ0n) is 19.1. The first-order chi connectivity index (χ1) is 15.4. The number of carbonyl (C=O) groups excluding carboxylic acids is 2. The summed E-state index contributed by atoms with van der Waals surface area (Å²) in [5.41, 5.74) is 0.755. The van der Waals surface area contributed by atoms with Crippen LogP contribution in [-0.2, 0) is 26.2 Å². The fourth-order valence-electron chi connectivity index (χ4n) is 3.08. The van der Waals surface area contributed by atoms with Crippen molar-refractivity contribution in [3.8, 4) is 0 Å². The molecular formula is C23H29ClFN3O4S. The first kappa shape index (κ1) is 26.6. The molecule has 0 fully saturated rings. The summed E-state index contributed by atoms with van der Waals surface area (Å²) in [7, 11) is -3.87. The van der Waals surface area contributed by atoms with Gasteiger partial charge >= 0.3 is 0 Å². The lowest BCUT2D eigenvalue weighted by Crippen LogP contribution is -2.52. The Morgan fingerprint density at radius 2 is 1.70 bits per heavy atom. The first-order valence-electron chi connectivity index (χ1n) is 10.5. The van der Waals surface area contributed by atoms with E-state index in [1.165, 1.54) is 17.0 Å². The lowest BCUT2D eigenvalue weighted by atomic mass is 10.1. The van der Waals surface area contributed by atoms with Gasteiger partial charge in [0.05, 0.1) is 11.9 Å². The summed E-state index contributed by atoms with van der Waals surface area (Å²) in [6, 6.07) is 10.7. The Morgan fingerprint density at radius 3 is 2.24 bits per heavy atom. The van der Waals surface area contributed by atoms with E-state index in [4.69, 9.17) is 11.6 Å². The summed E-state index contributed by atoms with van der Waals surface area (Å²) in [6.07, 6.45) is 1.67. The van der Waals surface area contributed by atoms with E-state index < -0.39 is 34.3 Å². The topological polar surface area (TPSA) is 86.8 Å². The van der Waals surface area contributed by atoms with Gasteiger partial charge in [0.15, 0.2) is 0 Å². The maximum Gasteiger partial charge on any atom is 0.244 e. The van der Waals surface area contributed by atoms with Crippen molar-refractivity contribution in [2.45, 2.75) is 45.8 Å². The first-order valence-corrected chi connectivity index (χ1v) is 12.7. The molecule has 1 N–H and O–H groups in total. The average Bonchev–Trinajstić information content (AvgIpc) is 2.76. The molecule has 0 aliphatic heterocycles. The van der Waals surface area contributed by atoms with Crippen molar-refractivity contribution in [2.75, 3.05) is 17.1 Å². The summed E-state index contributed by atoms with van der Waals surface area (Å²) in [6.45, 7) is 4.80. The number of hydrogen-bond donors (Lipinski definition) is 1. The van der Waals surface area contributed by atoms with E-state index in [0.717, 1.165) is 22.7 Å². The molecule has 2 aromatic rings. The molecule has 0 heterocycles. The number of benzene rings is 2. The second-order valence-electron chi connectivity index (χ2n) is 7.85. The van der Waals surface area contributed by atoms with Crippen molar-refractivity contribution >= 4 is 39.1 Å². The maximum atomic E-state index is 13.4. The highest BCUT2D eigenvalue weighted by molar-refractivity contribution is 7.92. The van der Waals surface area contributed by atoms with Gasteiger partial charge in [-0.25, -0.2) is 12.8 Å². The summed E-state index contributed by atoms with van der Waals surface area (Å²) in [4.78, 5) is 27.5. The van der Waals surface area contributed by atoms with Gasteiger partial charge in [-0.15, -0.1) is 0 Å². The number of nitrogens with zero attached hydrogens (tertiary/aromatic N) is 2. The van der Waals surface area contributed by atoms with Crippen LogP contribution in [0.15, 0.2) is 48.5 Å². The second kappa shape index (κ2) is 11.5. The van der Waals surface area contributed by atoms with Gasteiger partial charge in [-0.1, -0.05) is 36.7 Å². The third-order valence-corrected chi connectivity index (χ3v) is 6.77. The van der Waals surface area contributed by atoms with Crippen LogP contribution >= 0.6 is 11.6 Å². The van der Waals surface area contributed by atoms with Gasteiger partial charge in [0.25, 0.3) is 0 Å². The average molecular weight is 498 g/mol. The van der Waals surface area contributed by atoms with E-state index >= 15 is 0 Å². The number of halogens is 2. The highest BCUT2D eigenvalue weighted by Gasteiger charge is 2.30. The van der Waals surface area contributed by atoms with E-state index in [-0.39, 0.29) is 24.2 Å². The lowest BCUT2D eigenvalue weighted by molar-refractivity contribution is -0.139. The van der Waals surface area contributed by atoms with E-state index in [0.29, 0.717) is 17.0 Å². The minimum atomic E-state index is -3.87. The number of nitrogens with one attached hydrogen (secondary N) is 1. The predicted octanol–water partition coefficient (Wildman–Crippen LogP) is 3.58. The third-order valence-electron chi connectivity index (χ3n) is 5.26. The van der Waals surface area contributed by atoms with Gasteiger partial charge < -0.3 is 10.2 Å². The Balaban J connectivity index is 2.39. The largest absolute Gasteiger partial charge is 0.352 e. The van der Waals surface area contributed by atoms with Crippen molar-refractivity contribution in [1.82, 2.24) is 10.2 Å². The van der Waals surface area contributed by atoms with E-state index in [9.17, 15) is 22.4 Å². The van der Waals surface area contributed by atoms with Crippen LogP contribution in [0.2, 0.25) is 5.02 Å². The van der Waals surface area contributed by atoms with Gasteiger partial charge in [0.2, 0.25) is 21.8 Å². The minimum absolute atomic E-state index is 0.00855. The number of rotatable bonds is 10. The van der Waals surface area contributed by atoms with E-state index in [2.05, 4.69) is 5.32 Å². The Bertz CT molecular complexity index is 1080. The third kappa shape index (κ3) is 7.43. The highest BCUT2D eigenvalue weighted by Crippen LogP contribution is 2.21. The molecule has 2 aromatic carbocycles. The molecule has 33 heavy (non-hydrogen) atoms. The number of hydrogen-bond acceptors (Lipinski definition) is 4. The van der Waals surface area contributed by atoms with Crippen LogP contribution in [0.5, 0.6) is 0 Å². The summed E-state index contributed by atoms with van der Waals surface area (Å²) < 4.78 is 39.1. The van der Waals surface area contributed by atoms with Crippen molar-refractivity contribution in [1.29, 1.82) is 0 Å². The van der Waals surface area contributed by atoms with Crippen LogP contribution in [0.3, 0.4) is 0 Å². The van der Waals surface area contributed by atoms with Crippen molar-refractivity contribution in [3.05, 3.63) is 64.9 Å². The molecule has 10 heteroatoms. The van der Waals surface area contributed by atoms with Crippen LogP contribution in [0.25, 0.3) is 0 Å². The minimum Gasteiger partial charge on any atom is -0.352 e. The highest BCUT2D eigenvalue weighted by atomic mass is 35.5. The van der Waals surface area contributed by atoms with Gasteiger partial charge in [0, 0.05) is 17.6 Å². The van der Waals surface area contributed by atoms with E-state index in [1.54, 1.807) is 31.2 Å². The lowest BCUT2D eigenvalue weighted by Gasteiger charge is -2.32. The SMILES string of the molecule is CCC(C)NC(=O)C(C)N(Cc1ccccc1Cl)C(=O)CN(c1ccc(F)cc1)S(C)(=O)=O. The summed E-state index contributed by atoms with van der Waals surface area (Å²) in [5, 5.41) is 3.27. The molecule has 0 aliphatic rings. The molecule has 7 nitrogen and oxygen atoms in total. The molecule has 0 saturated carbocycles. The molecule has 0 aromatic heterocycles. The van der Waals surface area contributed by atoms with Crippen LogP contribution < -0.4 is 9.62 Å². The molecule has 2 rings (SSSR count). The van der Waals surface area contributed by atoms with Crippen molar-refractivity contribution < 1.29 is 22.4 Å². The quantitative estimate of drug-likeness (QED) is 0.543. The molecule has 0 aliphatic carbocycles. The molecule has 180 valence electrons. The molecule has 2 amide bonds. The zero-order chi connectivity index (χ0) is 24.8. The van der Waals surface area contributed by atoms with Gasteiger partial charge in [0.1, 0.15) is 18.4 Å². The fourth-order valence-corrected chi connectivity index (χ4v) is 4.12. The zero-order valence-corrected chi connectivity index (χ0v) is 20.7. The predicted molar refractivity (Wildman–Crippen MR) is 128 cm³/mol. The number of amides is 2. The Labute approximate surface area is 199 Å². The van der Waals surface area contributed by atoms with Crippen LogP contribution in [0, 0.1) is 5.82 Å². The summed E-state index contributed by atoms with van der Waals surface area (Å²) >= 11 is 6.27. The van der Waals surface area contributed by atoms with Crippen LogP contribution in [-0.4, -0.2) is 50.0 Å². The Morgan fingerprint density at radius 1 is 1.09 bits per heavy atom. The molecule has 0 radical (unpaired) electrons. The monoisotopic (exact) mass is 497 g/mol. The molecule has 0 spiro atoms. The van der Waals surface area contributed by atoms with E-state index in [1.807, 2.05) is 13.8 Å². The van der Waals surface area contributed by atoms with Crippen LogP contribution in [0.1, 0.15) is 32.8 Å². The molecule has 0 bridgehead atoms. The van der Waals surface area contributed by atoms with Gasteiger partial charge in [-0.2, -0.15) is 0 Å². The molecule has 2 unspecified atom stereocenters. The summed E-state index contributed by atoms with van der Waals surface area (Å²) in [5.74, 6) is -1.50. The fraction of sp³-hybridized carbons (Fsp3) is 0.391. The van der Waals surface area contributed by atoms with Crippen molar-refractivity contribution in [3.63, 3.8) is 0 Å². The Kier molecular flexibility index (Phi) is 9.25. The standard InChI is InChI=1S/C23H29ClFN3O4S/c1-5-16(2)26-23(30)17(3)27(14-18-8-6-7-9-21(18)24)22(29)15-28(33(4,31)32)20-12-10-19(25)11-13-20/h6-13,16-17H,5,14-15H2,1-4H3,(H,26,30). The smallest absolute Gasteiger partial charge is 0.244 e. The second-order valence-corrected chi connectivity index (χ2v) is 10.2. The molecule has 2 atom stereocenters. The van der Waals surface area contributed by atoms with Gasteiger partial charge in [-0.05, 0) is 56.2 Å². The number of sulfonamides is 1. The maximum absolute atomic E-state index is 13.4. The van der Waals surface area contributed by atoms with Crippen molar-refractivity contribution in [2.24, 2.45) is 0 Å². The van der Waals surface area contributed by atoms with Crippen LogP contribution in [0.4, 0.5) is 10.1 Å².